The van der Waals surface area contributed by atoms with Crippen LogP contribution in [0.4, 0.5) is 4.79 Å². The number of carbonyl (C=O) groups is 2. The van der Waals surface area contributed by atoms with Gasteiger partial charge in [0.05, 0.1) is 18.2 Å². The summed E-state index contributed by atoms with van der Waals surface area (Å²) in [6, 6.07) is 0.0352. The van der Waals surface area contributed by atoms with E-state index in [0.717, 1.165) is 18.2 Å². The summed E-state index contributed by atoms with van der Waals surface area (Å²) in [6.07, 6.45) is 7.73. The lowest BCUT2D eigenvalue weighted by Gasteiger charge is -2.33. The summed E-state index contributed by atoms with van der Waals surface area (Å²) < 4.78 is 5.20. The third-order valence-electron chi connectivity index (χ3n) is 5.58. The van der Waals surface area contributed by atoms with E-state index in [1.165, 1.54) is 38.5 Å². The third kappa shape index (κ3) is 3.58. The van der Waals surface area contributed by atoms with Crippen LogP contribution in [0.25, 0.3) is 0 Å². The van der Waals surface area contributed by atoms with Crippen molar-refractivity contribution in [3.05, 3.63) is 11.3 Å². The second kappa shape index (κ2) is 7.55. The lowest BCUT2D eigenvalue weighted by atomic mass is 9.95. The van der Waals surface area contributed by atoms with Crippen molar-refractivity contribution in [1.29, 1.82) is 0 Å². The quantitative estimate of drug-likeness (QED) is 0.755. The molecule has 2 atom stereocenters. The summed E-state index contributed by atoms with van der Waals surface area (Å²) in [5, 5.41) is 5.62. The number of rotatable bonds is 5. The first-order chi connectivity index (χ1) is 11.6. The molecule has 2 fully saturated rings. The highest BCUT2D eigenvalue weighted by molar-refractivity contribution is 5.94. The molecule has 0 unspecified atom stereocenters. The predicted molar refractivity (Wildman–Crippen MR) is 91.3 cm³/mol. The van der Waals surface area contributed by atoms with E-state index in [1.54, 1.807) is 6.92 Å². The van der Waals surface area contributed by atoms with Gasteiger partial charge in [0.25, 0.3) is 0 Å². The van der Waals surface area contributed by atoms with Gasteiger partial charge < -0.3 is 15.4 Å². The molecule has 3 aliphatic rings. The van der Waals surface area contributed by atoms with Gasteiger partial charge in [0.1, 0.15) is 0 Å². The van der Waals surface area contributed by atoms with Crippen LogP contribution < -0.4 is 10.6 Å². The van der Waals surface area contributed by atoms with E-state index in [-0.39, 0.29) is 18.0 Å². The van der Waals surface area contributed by atoms with Crippen LogP contribution in [0.15, 0.2) is 11.3 Å². The summed E-state index contributed by atoms with van der Waals surface area (Å²) in [4.78, 5) is 26.7. The average molecular weight is 335 g/mol. The van der Waals surface area contributed by atoms with E-state index in [0.29, 0.717) is 24.8 Å². The summed E-state index contributed by atoms with van der Waals surface area (Å²) in [5.74, 6) is 0.443. The SMILES string of the molecule is CCOC(=O)C1=C(CN2CCC[C@@H]2C2CCCC2)NC(=O)N[C@@H]1C. The Morgan fingerprint density at radius 2 is 2.00 bits per heavy atom. The van der Waals surface area contributed by atoms with Crippen LogP contribution in [0.5, 0.6) is 0 Å². The Morgan fingerprint density at radius 3 is 2.71 bits per heavy atom. The van der Waals surface area contributed by atoms with Gasteiger partial charge in [-0.25, -0.2) is 9.59 Å². The molecule has 134 valence electrons. The second-order valence-electron chi connectivity index (χ2n) is 7.16. The summed E-state index contributed by atoms with van der Waals surface area (Å²) in [6.45, 7) is 5.65. The van der Waals surface area contributed by atoms with Gasteiger partial charge in [-0.3, -0.25) is 4.90 Å². The summed E-state index contributed by atoms with van der Waals surface area (Å²) in [7, 11) is 0. The molecule has 6 nitrogen and oxygen atoms in total. The van der Waals surface area contributed by atoms with E-state index in [2.05, 4.69) is 15.5 Å². The normalized spacial score (nSPS) is 28.8. The van der Waals surface area contributed by atoms with Crippen molar-refractivity contribution in [2.45, 2.75) is 64.5 Å². The molecule has 3 rings (SSSR count). The number of nitrogens with zero attached hydrogens (tertiary/aromatic N) is 1. The van der Waals surface area contributed by atoms with Crippen LogP contribution in [0, 0.1) is 5.92 Å². The molecule has 0 radical (unpaired) electrons. The van der Waals surface area contributed by atoms with Crippen LogP contribution in [0.2, 0.25) is 0 Å². The molecule has 2 heterocycles. The predicted octanol–water partition coefficient (Wildman–Crippen LogP) is 2.16. The van der Waals surface area contributed by atoms with E-state index in [1.807, 2.05) is 6.92 Å². The zero-order valence-electron chi connectivity index (χ0n) is 14.8. The molecule has 1 saturated heterocycles. The highest BCUT2D eigenvalue weighted by Crippen LogP contribution is 2.35. The van der Waals surface area contributed by atoms with Crippen molar-refractivity contribution < 1.29 is 14.3 Å². The smallest absolute Gasteiger partial charge is 0.337 e. The number of likely N-dealkylation sites (tertiary alicyclic amines) is 1. The topological polar surface area (TPSA) is 70.7 Å². The minimum atomic E-state index is -0.330. The highest BCUT2D eigenvalue weighted by atomic mass is 16.5. The Morgan fingerprint density at radius 1 is 1.25 bits per heavy atom. The van der Waals surface area contributed by atoms with E-state index >= 15 is 0 Å². The Labute approximate surface area is 144 Å². The number of urea groups is 1. The Kier molecular flexibility index (Phi) is 5.43. The molecule has 0 bridgehead atoms. The van der Waals surface area contributed by atoms with Gasteiger partial charge in [-0.2, -0.15) is 0 Å². The number of hydrogen-bond acceptors (Lipinski definition) is 4. The van der Waals surface area contributed by atoms with Crippen LogP contribution in [0.3, 0.4) is 0 Å². The Hall–Kier alpha value is -1.56. The van der Waals surface area contributed by atoms with Gasteiger partial charge in [0, 0.05) is 18.3 Å². The van der Waals surface area contributed by atoms with E-state index in [4.69, 9.17) is 4.74 Å². The van der Waals surface area contributed by atoms with Crippen molar-refractivity contribution >= 4 is 12.0 Å². The van der Waals surface area contributed by atoms with Crippen molar-refractivity contribution in [3.8, 4) is 0 Å². The molecule has 1 aliphatic carbocycles. The van der Waals surface area contributed by atoms with Crippen molar-refractivity contribution in [2.75, 3.05) is 19.7 Å². The number of nitrogens with one attached hydrogen (secondary N) is 2. The molecule has 0 aromatic rings. The van der Waals surface area contributed by atoms with Gasteiger partial charge in [-0.1, -0.05) is 12.8 Å². The van der Waals surface area contributed by atoms with Gasteiger partial charge in [0.2, 0.25) is 0 Å². The average Bonchev–Trinajstić information content (AvgIpc) is 3.17. The molecule has 1 saturated carbocycles. The largest absolute Gasteiger partial charge is 0.463 e. The number of esters is 1. The van der Waals surface area contributed by atoms with Crippen LogP contribution in [-0.2, 0) is 9.53 Å². The molecule has 2 aliphatic heterocycles. The maximum absolute atomic E-state index is 12.3. The van der Waals surface area contributed by atoms with Crippen molar-refractivity contribution in [3.63, 3.8) is 0 Å². The fraction of sp³-hybridized carbons (Fsp3) is 0.778. The van der Waals surface area contributed by atoms with Crippen LogP contribution >= 0.6 is 0 Å². The van der Waals surface area contributed by atoms with Gasteiger partial charge in [-0.05, 0) is 52.0 Å². The van der Waals surface area contributed by atoms with Crippen molar-refractivity contribution in [2.24, 2.45) is 5.92 Å². The van der Waals surface area contributed by atoms with Gasteiger partial charge in [-0.15, -0.1) is 0 Å². The molecule has 24 heavy (non-hydrogen) atoms. The minimum absolute atomic E-state index is 0.234. The summed E-state index contributed by atoms with van der Waals surface area (Å²) in [5.41, 5.74) is 1.28. The first kappa shape index (κ1) is 17.3. The van der Waals surface area contributed by atoms with Crippen molar-refractivity contribution in [1.82, 2.24) is 15.5 Å². The number of ether oxygens (including phenoxy) is 1. The molecule has 0 aromatic heterocycles. The number of amides is 2. The third-order valence-corrected chi connectivity index (χ3v) is 5.58. The van der Waals surface area contributed by atoms with Gasteiger partial charge in [0.15, 0.2) is 0 Å². The molecular formula is C18H29N3O3. The van der Waals surface area contributed by atoms with Crippen LogP contribution in [0.1, 0.15) is 52.4 Å². The maximum Gasteiger partial charge on any atom is 0.337 e. The fourth-order valence-corrected chi connectivity index (χ4v) is 4.53. The highest BCUT2D eigenvalue weighted by Gasteiger charge is 2.36. The van der Waals surface area contributed by atoms with E-state index in [9.17, 15) is 9.59 Å². The van der Waals surface area contributed by atoms with E-state index < -0.39 is 0 Å². The first-order valence-corrected chi connectivity index (χ1v) is 9.32. The number of hydrogen-bond donors (Lipinski definition) is 2. The molecule has 2 N–H and O–H groups in total. The van der Waals surface area contributed by atoms with Gasteiger partial charge >= 0.3 is 12.0 Å². The maximum atomic E-state index is 12.3. The molecule has 6 heteroatoms. The first-order valence-electron chi connectivity index (χ1n) is 9.32. The standard InChI is InChI=1S/C18H29N3O3/c1-3-24-17(22)16-12(2)19-18(23)20-14(16)11-21-10-6-9-15(21)13-7-4-5-8-13/h12-13,15H,3-11H2,1-2H3,(H2,19,20,23)/t12-,15-/m1/s1. The van der Waals surface area contributed by atoms with Crippen LogP contribution in [-0.4, -0.2) is 48.7 Å². The molecule has 0 aromatic carbocycles. The molecule has 0 spiro atoms. The fourth-order valence-electron chi connectivity index (χ4n) is 4.53. The molecular weight excluding hydrogens is 306 g/mol. The zero-order chi connectivity index (χ0) is 17.1. The summed E-state index contributed by atoms with van der Waals surface area (Å²) >= 11 is 0. The second-order valence-corrected chi connectivity index (χ2v) is 7.16. The Balaban J connectivity index is 1.79. The Bertz CT molecular complexity index is 526. The molecule has 2 amide bonds. The minimum Gasteiger partial charge on any atom is -0.463 e. The zero-order valence-corrected chi connectivity index (χ0v) is 14.8. The lowest BCUT2D eigenvalue weighted by molar-refractivity contribution is -0.139. The monoisotopic (exact) mass is 335 g/mol. The number of carbonyl (C=O) groups excluding carboxylic acids is 2. The lowest BCUT2D eigenvalue weighted by Crippen LogP contribution is -2.51.